The number of fused-ring (bicyclic) bond motifs is 4. The van der Waals surface area contributed by atoms with Crippen LogP contribution in [0.25, 0.3) is 49.9 Å². The van der Waals surface area contributed by atoms with Crippen molar-refractivity contribution >= 4 is 44.6 Å². The lowest BCUT2D eigenvalue weighted by Gasteiger charge is -2.28. The Morgan fingerprint density at radius 3 is 1.85 bits per heavy atom. The summed E-state index contributed by atoms with van der Waals surface area (Å²) in [5.41, 5.74) is 13.0. The highest BCUT2D eigenvalue weighted by molar-refractivity contribution is 6.09. The zero-order valence-electron chi connectivity index (χ0n) is 40.3. The van der Waals surface area contributed by atoms with Gasteiger partial charge in [-0.1, -0.05) is 132 Å². The van der Waals surface area contributed by atoms with Gasteiger partial charge in [0.05, 0.1) is 33.6 Å². The van der Waals surface area contributed by atoms with Gasteiger partial charge in [0.2, 0.25) is 0 Å². The largest absolute Gasteiger partial charge is 0.457 e. The second-order valence-corrected chi connectivity index (χ2v) is 18.4. The van der Waals surface area contributed by atoms with Crippen LogP contribution in [0.3, 0.4) is 0 Å². The topological polar surface area (TPSA) is 33.5 Å². The minimum atomic E-state index is -0.288. The number of hydrogen-bond acceptors (Lipinski definition) is 4. The van der Waals surface area contributed by atoms with Crippen LogP contribution in [0.1, 0.15) is 63.7 Å². The van der Waals surface area contributed by atoms with E-state index < -0.39 is 0 Å². The van der Waals surface area contributed by atoms with Crippen molar-refractivity contribution in [1.29, 1.82) is 0 Å². The Labute approximate surface area is 371 Å². The Morgan fingerprint density at radius 1 is 0.565 bits per heavy atom. The molecule has 0 saturated carbocycles. The van der Waals surface area contributed by atoms with Gasteiger partial charge in [-0.05, 0) is 112 Å². The summed E-state index contributed by atoms with van der Waals surface area (Å²) < 4.78 is 44.1. The average molecular weight is 813 g/mol. The molecule has 62 heavy (non-hydrogen) atoms. The van der Waals surface area contributed by atoms with Gasteiger partial charge in [0, 0.05) is 45.9 Å². The summed E-state index contributed by atoms with van der Waals surface area (Å²) in [5.74, 6) is 1.80. The lowest BCUT2D eigenvalue weighted by atomic mass is 9.86. The van der Waals surface area contributed by atoms with Crippen LogP contribution >= 0.6 is 0 Å². The van der Waals surface area contributed by atoms with Crippen molar-refractivity contribution in [1.82, 2.24) is 9.55 Å². The number of nitrogens with zero attached hydrogens (tertiary/aromatic N) is 4. The third-order valence-electron chi connectivity index (χ3n) is 12.0. The highest BCUT2D eigenvalue weighted by Crippen LogP contribution is 2.51. The number of ether oxygens (including phenoxy) is 1. The van der Waals surface area contributed by atoms with Crippen LogP contribution in [0.5, 0.6) is 11.5 Å². The molecule has 5 nitrogen and oxygen atoms in total. The second-order valence-electron chi connectivity index (χ2n) is 18.4. The quantitative estimate of drug-likeness (QED) is 0.161. The number of aryl methyl sites for hydroxylation is 1. The van der Waals surface area contributed by atoms with Gasteiger partial charge < -0.3 is 14.5 Å². The first-order valence-corrected chi connectivity index (χ1v) is 21.3. The third-order valence-corrected chi connectivity index (χ3v) is 12.0. The van der Waals surface area contributed by atoms with Crippen LogP contribution in [0.15, 0.2) is 176 Å². The standard InChI is InChI=1S/C57H52N4O/c1-38-30-48(39-18-10-8-11-19-39)55(49(31-38)40-20-12-9-13-21-40)60-37-59(51-24-16-17-25-52(51)60)43-32-42(57(5,6)7)33-45(35-43)62-44-26-27-47-46-22-14-15-23-50(46)61(53(47)36-44)54-34-41(28-29-58-54)56(2,3)4/h8-36H,37H2,1-7H3/i14D,15D,22D,23D. The van der Waals surface area contributed by atoms with Crippen LogP contribution < -0.4 is 14.5 Å². The molecular formula is C57H52N4O. The minimum Gasteiger partial charge on any atom is -0.457 e. The molecule has 0 fully saturated rings. The summed E-state index contributed by atoms with van der Waals surface area (Å²) in [5, 5.41) is 1.13. The summed E-state index contributed by atoms with van der Waals surface area (Å²) in [4.78, 5) is 9.60. The molecule has 9 aromatic rings. The van der Waals surface area contributed by atoms with Gasteiger partial charge in [-0.15, -0.1) is 0 Å². The van der Waals surface area contributed by atoms with E-state index >= 15 is 0 Å². The molecule has 1 aliphatic heterocycles. The van der Waals surface area contributed by atoms with Crippen molar-refractivity contribution < 1.29 is 10.2 Å². The molecule has 0 aliphatic carbocycles. The van der Waals surface area contributed by atoms with Crippen LogP contribution in [0.2, 0.25) is 0 Å². The van der Waals surface area contributed by atoms with Gasteiger partial charge >= 0.3 is 0 Å². The van der Waals surface area contributed by atoms with Crippen molar-refractivity contribution in [2.24, 2.45) is 0 Å². The number of benzene rings is 7. The van der Waals surface area contributed by atoms with E-state index in [1.807, 2.05) is 34.9 Å². The summed E-state index contributed by atoms with van der Waals surface area (Å²) in [6.45, 7) is 15.8. The monoisotopic (exact) mass is 812 g/mol. The Hall–Kier alpha value is -7.11. The molecule has 306 valence electrons. The van der Waals surface area contributed by atoms with E-state index in [1.165, 1.54) is 16.7 Å². The van der Waals surface area contributed by atoms with Gasteiger partial charge in [-0.2, -0.15) is 0 Å². The van der Waals surface area contributed by atoms with E-state index in [-0.39, 0.29) is 35.0 Å². The van der Waals surface area contributed by atoms with Crippen molar-refractivity contribution in [2.75, 3.05) is 16.5 Å². The number of aromatic nitrogens is 2. The first-order valence-electron chi connectivity index (χ1n) is 23.3. The first kappa shape index (κ1) is 34.6. The number of pyridine rings is 1. The highest BCUT2D eigenvalue weighted by Gasteiger charge is 2.32. The number of anilines is 4. The lowest BCUT2D eigenvalue weighted by Crippen LogP contribution is -2.25. The highest BCUT2D eigenvalue weighted by atomic mass is 16.5. The summed E-state index contributed by atoms with van der Waals surface area (Å²) in [7, 11) is 0. The predicted octanol–water partition coefficient (Wildman–Crippen LogP) is 15.5. The predicted molar refractivity (Wildman–Crippen MR) is 260 cm³/mol. The SMILES string of the molecule is [2H]c1c([2H])c([2H])c2c(c1[2H])c1ccc(Oc3cc(N4CN(c5c(-c6ccccc6)cc(C)cc5-c5ccccc5)c5ccccc54)cc(C(C)(C)C)c3)cc1n2-c1cc(C(C)(C)C)ccn1. The van der Waals surface area contributed by atoms with Crippen molar-refractivity contribution in [2.45, 2.75) is 59.3 Å². The van der Waals surface area contributed by atoms with Gasteiger partial charge in [0.25, 0.3) is 0 Å². The molecule has 0 spiro atoms. The molecule has 5 heteroatoms. The fraction of sp³-hybridized carbons (Fsp3) is 0.175. The fourth-order valence-corrected chi connectivity index (χ4v) is 8.74. The van der Waals surface area contributed by atoms with E-state index in [1.54, 1.807) is 6.20 Å². The van der Waals surface area contributed by atoms with Gasteiger partial charge in [0.15, 0.2) is 0 Å². The second kappa shape index (κ2) is 15.1. The van der Waals surface area contributed by atoms with Crippen molar-refractivity contribution in [3.63, 3.8) is 0 Å². The molecule has 1 aliphatic rings. The first-order chi connectivity index (χ1) is 31.6. The molecular weight excluding hydrogens is 757 g/mol. The summed E-state index contributed by atoms with van der Waals surface area (Å²) >= 11 is 0. The molecule has 2 aromatic heterocycles. The van der Waals surface area contributed by atoms with Crippen LogP contribution in [-0.4, -0.2) is 16.2 Å². The number of rotatable bonds is 7. The van der Waals surface area contributed by atoms with Crippen LogP contribution in [0, 0.1) is 6.92 Å². The molecule has 0 amide bonds. The van der Waals surface area contributed by atoms with Crippen LogP contribution in [0.4, 0.5) is 22.7 Å². The van der Waals surface area contributed by atoms with Crippen molar-refractivity contribution in [3.8, 4) is 39.6 Å². The van der Waals surface area contributed by atoms with E-state index in [2.05, 4.69) is 174 Å². The zero-order valence-corrected chi connectivity index (χ0v) is 36.3. The minimum absolute atomic E-state index is 0.0877. The molecule has 0 unspecified atom stereocenters. The van der Waals surface area contributed by atoms with E-state index in [9.17, 15) is 0 Å². The molecule has 0 atom stereocenters. The summed E-state index contributed by atoms with van der Waals surface area (Å²) in [6.07, 6.45) is 1.76. The van der Waals surface area contributed by atoms with Crippen LogP contribution in [-0.2, 0) is 10.8 Å². The van der Waals surface area contributed by atoms with E-state index in [0.29, 0.717) is 45.8 Å². The van der Waals surface area contributed by atoms with Gasteiger partial charge in [0.1, 0.15) is 24.0 Å². The van der Waals surface area contributed by atoms with E-state index in [0.717, 1.165) is 45.0 Å². The maximum absolute atomic E-state index is 9.11. The van der Waals surface area contributed by atoms with Gasteiger partial charge in [-0.3, -0.25) is 4.57 Å². The number of hydrogen-bond donors (Lipinski definition) is 0. The summed E-state index contributed by atoms with van der Waals surface area (Å²) in [6, 6.07) is 50.0. The zero-order chi connectivity index (χ0) is 46.2. The maximum atomic E-state index is 9.11. The molecule has 0 radical (unpaired) electrons. The third kappa shape index (κ3) is 7.07. The molecule has 0 N–H and O–H groups in total. The van der Waals surface area contributed by atoms with Gasteiger partial charge in [-0.25, -0.2) is 4.98 Å². The Balaban J connectivity index is 1.12. The van der Waals surface area contributed by atoms with Crippen molar-refractivity contribution in [3.05, 3.63) is 193 Å². The molecule has 10 rings (SSSR count). The van der Waals surface area contributed by atoms with E-state index in [4.69, 9.17) is 15.2 Å². The molecule has 0 bridgehead atoms. The fourth-order valence-electron chi connectivity index (χ4n) is 8.74. The average Bonchev–Trinajstić information content (AvgIpc) is 3.86. The smallest absolute Gasteiger partial charge is 0.137 e. The molecule has 0 saturated heterocycles. The maximum Gasteiger partial charge on any atom is 0.137 e. The normalized spacial score (nSPS) is 13.9. The lowest BCUT2D eigenvalue weighted by molar-refractivity contribution is 0.479. The Morgan fingerprint density at radius 2 is 1.19 bits per heavy atom. The Bertz CT molecular complexity index is 3290. The molecule has 3 heterocycles. The Kier molecular flexibility index (Phi) is 8.43. The molecule has 7 aromatic carbocycles. The number of para-hydroxylation sites is 3.